The van der Waals surface area contributed by atoms with Crippen molar-refractivity contribution < 1.29 is 14.6 Å². The van der Waals surface area contributed by atoms with Crippen LogP contribution in [0.2, 0.25) is 0 Å². The van der Waals surface area contributed by atoms with Crippen molar-refractivity contribution in [1.29, 1.82) is 0 Å². The van der Waals surface area contributed by atoms with Gasteiger partial charge in [0.1, 0.15) is 5.01 Å². The van der Waals surface area contributed by atoms with E-state index in [9.17, 15) is 5.11 Å². The van der Waals surface area contributed by atoms with E-state index in [0.29, 0.717) is 12.4 Å². The van der Waals surface area contributed by atoms with Crippen LogP contribution in [0, 0.1) is 6.92 Å². The van der Waals surface area contributed by atoms with Gasteiger partial charge in [-0.2, -0.15) is 0 Å². The minimum absolute atomic E-state index is 0.0306. The smallest absolute Gasteiger partial charge is 0.161 e. The van der Waals surface area contributed by atoms with Gasteiger partial charge < -0.3 is 14.6 Å². The van der Waals surface area contributed by atoms with Gasteiger partial charge in [0.25, 0.3) is 0 Å². The quantitative estimate of drug-likeness (QED) is 0.886. The lowest BCUT2D eigenvalue weighted by Crippen LogP contribution is -1.97. The Bertz CT molecular complexity index is 580. The van der Waals surface area contributed by atoms with Gasteiger partial charge in [0.15, 0.2) is 11.5 Å². The second-order valence-electron chi connectivity index (χ2n) is 4.39. The van der Waals surface area contributed by atoms with Crippen molar-refractivity contribution in [3.63, 3.8) is 0 Å². The van der Waals surface area contributed by atoms with E-state index in [1.54, 1.807) is 18.4 Å². The fourth-order valence-electron chi connectivity index (χ4n) is 1.83. The van der Waals surface area contributed by atoms with Crippen LogP contribution < -0.4 is 9.47 Å². The molecule has 2 aromatic rings. The molecule has 0 spiro atoms. The molecule has 0 amide bonds. The molecule has 1 heterocycles. The molecule has 0 aliphatic carbocycles. The number of aliphatic hydroxyl groups is 1. The van der Waals surface area contributed by atoms with Gasteiger partial charge in [0.2, 0.25) is 0 Å². The zero-order chi connectivity index (χ0) is 14.5. The number of ether oxygens (including phenoxy) is 2. The number of benzene rings is 1. The Hall–Kier alpha value is -1.59. The van der Waals surface area contributed by atoms with Crippen molar-refractivity contribution in [1.82, 2.24) is 4.98 Å². The predicted molar refractivity (Wildman–Crippen MR) is 80.5 cm³/mol. The highest BCUT2D eigenvalue weighted by Gasteiger charge is 2.12. The number of hydrogen-bond acceptors (Lipinski definition) is 5. The van der Waals surface area contributed by atoms with Gasteiger partial charge in [-0.3, -0.25) is 0 Å². The number of rotatable bonds is 6. The topological polar surface area (TPSA) is 51.6 Å². The average molecular weight is 293 g/mol. The Morgan fingerprint density at radius 1 is 1.30 bits per heavy atom. The Morgan fingerprint density at radius 3 is 2.70 bits per heavy atom. The number of methoxy groups -OCH3 is 1. The monoisotopic (exact) mass is 293 g/mol. The molecule has 20 heavy (non-hydrogen) atoms. The van der Waals surface area contributed by atoms with Crippen LogP contribution in [0.1, 0.15) is 23.9 Å². The third kappa shape index (κ3) is 3.11. The summed E-state index contributed by atoms with van der Waals surface area (Å²) in [5, 5.41) is 10.1. The third-order valence-electron chi connectivity index (χ3n) is 2.91. The Morgan fingerprint density at radius 2 is 2.10 bits per heavy atom. The molecule has 0 saturated heterocycles. The SMILES string of the molecule is CCCOc1ccc(-c2nc(CO)c(C)s2)cc1OC. The summed E-state index contributed by atoms with van der Waals surface area (Å²) in [5.74, 6) is 1.45. The summed E-state index contributed by atoms with van der Waals surface area (Å²) in [6.45, 7) is 4.66. The van der Waals surface area contributed by atoms with Gasteiger partial charge in [-0.1, -0.05) is 6.92 Å². The zero-order valence-electron chi connectivity index (χ0n) is 12.0. The molecule has 1 aromatic carbocycles. The number of aryl methyl sites for hydroxylation is 1. The Kier molecular flexibility index (Phi) is 4.98. The summed E-state index contributed by atoms with van der Waals surface area (Å²) in [5.41, 5.74) is 1.70. The van der Waals surface area contributed by atoms with E-state index in [1.807, 2.05) is 25.1 Å². The molecule has 2 rings (SSSR count). The van der Waals surface area contributed by atoms with E-state index < -0.39 is 0 Å². The lowest BCUT2D eigenvalue weighted by atomic mass is 10.2. The Labute approximate surface area is 123 Å². The molecule has 0 radical (unpaired) electrons. The van der Waals surface area contributed by atoms with Crippen molar-refractivity contribution in [3.05, 3.63) is 28.8 Å². The minimum atomic E-state index is -0.0306. The van der Waals surface area contributed by atoms with Crippen LogP contribution in [0.5, 0.6) is 11.5 Å². The summed E-state index contributed by atoms with van der Waals surface area (Å²) in [4.78, 5) is 5.47. The highest BCUT2D eigenvalue weighted by atomic mass is 32.1. The lowest BCUT2D eigenvalue weighted by molar-refractivity contribution is 0.277. The van der Waals surface area contributed by atoms with Crippen molar-refractivity contribution in [2.45, 2.75) is 26.9 Å². The molecular weight excluding hydrogens is 274 g/mol. The van der Waals surface area contributed by atoms with Crippen LogP contribution >= 0.6 is 11.3 Å². The van der Waals surface area contributed by atoms with E-state index in [-0.39, 0.29) is 6.61 Å². The summed E-state index contributed by atoms with van der Waals surface area (Å²) < 4.78 is 11.0. The first kappa shape index (κ1) is 14.8. The van der Waals surface area contributed by atoms with E-state index in [2.05, 4.69) is 11.9 Å². The number of aromatic nitrogens is 1. The standard InChI is InChI=1S/C15H19NO3S/c1-4-7-19-13-6-5-11(8-14(13)18-3)15-16-12(9-17)10(2)20-15/h5-6,8,17H,4,7,9H2,1-3H3. The first-order valence-electron chi connectivity index (χ1n) is 6.58. The summed E-state index contributed by atoms with van der Waals surface area (Å²) in [7, 11) is 1.63. The average Bonchev–Trinajstić information content (AvgIpc) is 2.86. The fourth-order valence-corrected chi connectivity index (χ4v) is 2.75. The first-order chi connectivity index (χ1) is 9.69. The van der Waals surface area contributed by atoms with Crippen LogP contribution in [0.3, 0.4) is 0 Å². The second-order valence-corrected chi connectivity index (χ2v) is 5.60. The van der Waals surface area contributed by atoms with Gasteiger partial charge in [-0.25, -0.2) is 4.98 Å². The molecule has 1 aromatic heterocycles. The van der Waals surface area contributed by atoms with E-state index in [4.69, 9.17) is 9.47 Å². The maximum Gasteiger partial charge on any atom is 0.161 e. The third-order valence-corrected chi connectivity index (χ3v) is 3.98. The molecule has 0 unspecified atom stereocenters. The molecule has 0 bridgehead atoms. The molecule has 1 N–H and O–H groups in total. The van der Waals surface area contributed by atoms with E-state index in [0.717, 1.165) is 33.3 Å². The molecule has 0 aliphatic heterocycles. The van der Waals surface area contributed by atoms with Gasteiger partial charge in [0, 0.05) is 10.4 Å². The van der Waals surface area contributed by atoms with Gasteiger partial charge >= 0.3 is 0 Å². The van der Waals surface area contributed by atoms with Crippen LogP contribution in [-0.4, -0.2) is 23.8 Å². The number of aliphatic hydroxyl groups excluding tert-OH is 1. The lowest BCUT2D eigenvalue weighted by Gasteiger charge is -2.10. The summed E-state index contributed by atoms with van der Waals surface area (Å²) in [6.07, 6.45) is 0.955. The summed E-state index contributed by atoms with van der Waals surface area (Å²) >= 11 is 1.57. The normalized spacial score (nSPS) is 10.6. The van der Waals surface area contributed by atoms with Crippen molar-refractivity contribution >= 4 is 11.3 Å². The van der Waals surface area contributed by atoms with Gasteiger partial charge in [-0.05, 0) is 31.5 Å². The highest BCUT2D eigenvalue weighted by molar-refractivity contribution is 7.15. The molecule has 4 nitrogen and oxygen atoms in total. The first-order valence-corrected chi connectivity index (χ1v) is 7.39. The van der Waals surface area contributed by atoms with Crippen LogP contribution in [0.15, 0.2) is 18.2 Å². The van der Waals surface area contributed by atoms with Gasteiger partial charge in [0.05, 0.1) is 26.0 Å². The molecule has 108 valence electrons. The second kappa shape index (κ2) is 6.72. The van der Waals surface area contributed by atoms with Gasteiger partial charge in [-0.15, -0.1) is 11.3 Å². The highest BCUT2D eigenvalue weighted by Crippen LogP contribution is 2.35. The van der Waals surface area contributed by atoms with Crippen molar-refractivity contribution in [2.24, 2.45) is 0 Å². The minimum Gasteiger partial charge on any atom is -0.493 e. The molecule has 0 atom stereocenters. The predicted octanol–water partition coefficient (Wildman–Crippen LogP) is 3.41. The fraction of sp³-hybridized carbons (Fsp3) is 0.400. The molecule has 0 aliphatic rings. The van der Waals surface area contributed by atoms with E-state index in [1.165, 1.54) is 0 Å². The zero-order valence-corrected chi connectivity index (χ0v) is 12.8. The van der Waals surface area contributed by atoms with Crippen molar-refractivity contribution in [2.75, 3.05) is 13.7 Å². The van der Waals surface area contributed by atoms with Crippen LogP contribution in [0.25, 0.3) is 10.6 Å². The van der Waals surface area contributed by atoms with Crippen LogP contribution in [0.4, 0.5) is 0 Å². The van der Waals surface area contributed by atoms with E-state index >= 15 is 0 Å². The Balaban J connectivity index is 2.32. The molecular formula is C15H19NO3S. The number of thiazole rings is 1. The van der Waals surface area contributed by atoms with Crippen LogP contribution in [-0.2, 0) is 6.61 Å². The molecule has 0 saturated carbocycles. The molecule has 0 fully saturated rings. The maximum absolute atomic E-state index is 9.22. The largest absolute Gasteiger partial charge is 0.493 e. The maximum atomic E-state index is 9.22. The number of hydrogen-bond donors (Lipinski definition) is 1. The number of nitrogens with zero attached hydrogens (tertiary/aromatic N) is 1. The summed E-state index contributed by atoms with van der Waals surface area (Å²) in [6, 6.07) is 5.79. The van der Waals surface area contributed by atoms with Crippen molar-refractivity contribution in [3.8, 4) is 22.1 Å². The molecule has 5 heteroatoms.